The Morgan fingerprint density at radius 1 is 1.13 bits per heavy atom. The number of methoxy groups -OCH3 is 1. The van der Waals surface area contributed by atoms with Gasteiger partial charge in [0, 0.05) is 34.1 Å². The van der Waals surface area contributed by atoms with Crippen LogP contribution in [0.1, 0.15) is 22.8 Å². The zero-order chi connectivity index (χ0) is 26.1. The number of rotatable bonds is 5. The number of H-pyrrole nitrogens is 1. The van der Waals surface area contributed by atoms with Gasteiger partial charge >= 0.3 is 4.87 Å². The monoisotopic (exact) mass is 548 g/mol. The van der Waals surface area contributed by atoms with Gasteiger partial charge in [-0.1, -0.05) is 17.4 Å². The number of aromatic nitrogens is 2. The maximum atomic E-state index is 13.7. The summed E-state index contributed by atoms with van der Waals surface area (Å²) in [6.07, 6.45) is 4.37. The minimum atomic E-state index is -0.431. The van der Waals surface area contributed by atoms with Crippen LogP contribution < -0.4 is 14.9 Å². The van der Waals surface area contributed by atoms with Crippen molar-refractivity contribution in [2.24, 2.45) is 29.6 Å². The number of ether oxygens (including phenoxy) is 1. The number of likely N-dealkylation sites (tertiary alicyclic amines) is 1. The first-order chi connectivity index (χ1) is 18.4. The summed E-state index contributed by atoms with van der Waals surface area (Å²) in [5.41, 5.74) is 1.59. The van der Waals surface area contributed by atoms with E-state index in [1.165, 1.54) is 11.3 Å². The van der Waals surface area contributed by atoms with Crippen molar-refractivity contribution < 1.29 is 19.1 Å². The van der Waals surface area contributed by atoms with Crippen molar-refractivity contribution in [3.05, 3.63) is 68.9 Å². The van der Waals surface area contributed by atoms with Gasteiger partial charge in [-0.05, 0) is 60.1 Å². The molecule has 194 valence electrons. The van der Waals surface area contributed by atoms with Crippen molar-refractivity contribution in [3.8, 4) is 5.75 Å². The fraction of sp³-hybridized carbons (Fsp3) is 0.370. The summed E-state index contributed by atoms with van der Waals surface area (Å²) < 4.78 is 5.14. The maximum Gasteiger partial charge on any atom is 0.305 e. The van der Waals surface area contributed by atoms with E-state index in [9.17, 15) is 19.2 Å². The van der Waals surface area contributed by atoms with Gasteiger partial charge in [0.05, 0.1) is 24.0 Å². The van der Waals surface area contributed by atoms with Crippen LogP contribution in [0.15, 0.2) is 58.6 Å². The lowest BCUT2D eigenvalue weighted by atomic mass is 9.68. The van der Waals surface area contributed by atoms with Gasteiger partial charge in [0.25, 0.3) is 0 Å². The summed E-state index contributed by atoms with van der Waals surface area (Å²) in [6.45, 7) is -0.300. The summed E-state index contributed by atoms with van der Waals surface area (Å²) in [5.74, 6) is -1.03. The van der Waals surface area contributed by atoms with Crippen LogP contribution in [0, 0.1) is 29.6 Å². The highest BCUT2D eigenvalue weighted by Crippen LogP contribution is 2.68. The van der Waals surface area contributed by atoms with Crippen LogP contribution in [0.2, 0.25) is 0 Å². The van der Waals surface area contributed by atoms with E-state index in [4.69, 9.17) is 4.74 Å². The number of amides is 3. The van der Waals surface area contributed by atoms with Crippen LogP contribution >= 0.6 is 23.1 Å². The highest BCUT2D eigenvalue weighted by molar-refractivity contribution is 8.00. The molecule has 7 unspecified atom stereocenters. The quantitative estimate of drug-likeness (QED) is 0.470. The minimum Gasteiger partial charge on any atom is -0.497 e. The normalized spacial score (nSPS) is 30.7. The second-order valence-electron chi connectivity index (χ2n) is 10.3. The molecule has 0 radical (unpaired) electrons. The van der Waals surface area contributed by atoms with E-state index in [2.05, 4.69) is 15.3 Å². The van der Waals surface area contributed by atoms with Gasteiger partial charge in [0.15, 0.2) is 0 Å². The highest BCUT2D eigenvalue weighted by Gasteiger charge is 2.69. The second kappa shape index (κ2) is 8.81. The van der Waals surface area contributed by atoms with Crippen LogP contribution in [-0.2, 0) is 14.4 Å². The molecule has 1 saturated heterocycles. The Morgan fingerprint density at radius 3 is 2.61 bits per heavy atom. The number of imide groups is 1. The second-order valence-corrected chi connectivity index (χ2v) is 12.5. The predicted molar refractivity (Wildman–Crippen MR) is 141 cm³/mol. The molecule has 0 spiro atoms. The third-order valence-electron chi connectivity index (χ3n) is 8.53. The number of hydrogen-bond acceptors (Lipinski definition) is 8. The van der Waals surface area contributed by atoms with Crippen molar-refractivity contribution in [2.45, 2.75) is 22.6 Å². The number of pyridine rings is 1. The van der Waals surface area contributed by atoms with Gasteiger partial charge in [-0.25, -0.2) is 0 Å². The number of benzene rings is 1. The molecule has 9 nitrogen and oxygen atoms in total. The van der Waals surface area contributed by atoms with Gasteiger partial charge in [-0.3, -0.25) is 29.1 Å². The Kier molecular flexibility index (Phi) is 5.48. The number of anilines is 1. The molecule has 2 bridgehead atoms. The number of carbonyl (C=O) groups excluding carboxylic acids is 3. The topological polar surface area (TPSA) is 121 Å². The first-order valence-corrected chi connectivity index (χ1v) is 14.2. The van der Waals surface area contributed by atoms with E-state index in [1.807, 2.05) is 18.3 Å². The van der Waals surface area contributed by atoms with Gasteiger partial charge in [0.2, 0.25) is 17.7 Å². The van der Waals surface area contributed by atoms with Crippen molar-refractivity contribution in [1.82, 2.24) is 14.9 Å². The van der Waals surface area contributed by atoms with E-state index in [0.717, 1.165) is 26.8 Å². The number of fused-ring (bicyclic) bond motifs is 9. The van der Waals surface area contributed by atoms with Crippen LogP contribution in [0.4, 0.5) is 5.69 Å². The predicted octanol–water partition coefficient (Wildman–Crippen LogP) is 2.95. The van der Waals surface area contributed by atoms with E-state index in [-0.39, 0.29) is 52.2 Å². The van der Waals surface area contributed by atoms with Gasteiger partial charge in [-0.15, -0.1) is 11.8 Å². The molecule has 7 atom stereocenters. The first-order valence-electron chi connectivity index (χ1n) is 12.5. The molecule has 2 saturated carbocycles. The largest absolute Gasteiger partial charge is 0.497 e. The summed E-state index contributed by atoms with van der Waals surface area (Å²) in [4.78, 5) is 61.7. The Morgan fingerprint density at radius 2 is 1.89 bits per heavy atom. The van der Waals surface area contributed by atoms with E-state index in [0.29, 0.717) is 11.4 Å². The molecule has 3 aromatic rings. The molecule has 2 aliphatic heterocycles. The van der Waals surface area contributed by atoms with Crippen molar-refractivity contribution in [2.75, 3.05) is 19.0 Å². The fourth-order valence-corrected chi connectivity index (χ4v) is 10.1. The lowest BCUT2D eigenvalue weighted by molar-refractivity contribution is -0.143. The highest BCUT2D eigenvalue weighted by atomic mass is 32.2. The minimum absolute atomic E-state index is 0.00385. The molecule has 38 heavy (non-hydrogen) atoms. The Labute approximate surface area is 226 Å². The molecule has 7 rings (SSSR count). The molecule has 2 aliphatic carbocycles. The summed E-state index contributed by atoms with van der Waals surface area (Å²) in [5, 5.41) is 3.75. The third kappa shape index (κ3) is 3.48. The summed E-state index contributed by atoms with van der Waals surface area (Å²) in [6, 6.07) is 10.8. The number of nitrogens with one attached hydrogen (secondary N) is 2. The molecular weight excluding hydrogens is 524 g/mol. The summed E-state index contributed by atoms with van der Waals surface area (Å²) >= 11 is 2.87. The molecule has 4 aliphatic rings. The SMILES string of the molecule is COc1ccc(NC(=O)CN2C(=O)C3C4CC(C3C2=O)C2C(c3cccnc3)c3sc(=O)[nH]c3SC42)cc1. The van der Waals surface area contributed by atoms with Crippen molar-refractivity contribution >= 4 is 46.5 Å². The van der Waals surface area contributed by atoms with Crippen LogP contribution in [0.5, 0.6) is 5.75 Å². The van der Waals surface area contributed by atoms with E-state index >= 15 is 0 Å². The Hall–Kier alpha value is -3.44. The molecule has 3 amide bonds. The lowest BCUT2D eigenvalue weighted by Gasteiger charge is -2.42. The molecule has 1 aromatic carbocycles. The molecule has 4 heterocycles. The molecule has 2 N–H and O–H groups in total. The van der Waals surface area contributed by atoms with E-state index in [1.54, 1.807) is 49.3 Å². The van der Waals surface area contributed by atoms with Gasteiger partial charge < -0.3 is 15.0 Å². The zero-order valence-corrected chi connectivity index (χ0v) is 22.0. The zero-order valence-electron chi connectivity index (χ0n) is 20.3. The number of thiazole rings is 1. The average molecular weight is 549 g/mol. The van der Waals surface area contributed by atoms with Crippen LogP contribution in [-0.4, -0.2) is 51.5 Å². The number of carbonyl (C=O) groups is 3. The molecule has 11 heteroatoms. The molecular formula is C27H24N4O5S2. The number of hydrogen-bond donors (Lipinski definition) is 2. The summed E-state index contributed by atoms with van der Waals surface area (Å²) in [7, 11) is 1.56. The van der Waals surface area contributed by atoms with Crippen LogP contribution in [0.3, 0.4) is 0 Å². The van der Waals surface area contributed by atoms with Crippen LogP contribution in [0.25, 0.3) is 0 Å². The maximum absolute atomic E-state index is 13.7. The van der Waals surface area contributed by atoms with Crippen molar-refractivity contribution in [3.63, 3.8) is 0 Å². The molecule has 2 aromatic heterocycles. The lowest BCUT2D eigenvalue weighted by Crippen LogP contribution is -2.42. The molecule has 3 fully saturated rings. The van der Waals surface area contributed by atoms with Crippen molar-refractivity contribution in [1.29, 1.82) is 0 Å². The van der Waals surface area contributed by atoms with E-state index < -0.39 is 17.7 Å². The van der Waals surface area contributed by atoms with Gasteiger partial charge in [-0.2, -0.15) is 0 Å². The average Bonchev–Trinajstić information content (AvgIpc) is 3.65. The number of thioether (sulfide) groups is 1. The number of aromatic amines is 1. The van der Waals surface area contributed by atoms with Gasteiger partial charge in [0.1, 0.15) is 12.3 Å². The smallest absolute Gasteiger partial charge is 0.305 e. The first kappa shape index (κ1) is 23.7. The Bertz CT molecular complexity index is 1500. The number of nitrogens with zero attached hydrogens (tertiary/aromatic N) is 2. The Balaban J connectivity index is 1.16. The standard InChI is InChI=1S/C27H24N4O5S2/c1-36-14-6-4-13(5-7-14)29-17(32)11-31-25(33)20-15-9-16(21(20)26(31)34)22-19(15)18(12-3-2-8-28-10-12)23-24(37-22)30-27(35)38-23/h2-8,10,15-16,18-22H,9,11H2,1H3,(H,29,32)(H,30,35). The fourth-order valence-electron chi connectivity index (χ4n) is 7.19. The third-order valence-corrected chi connectivity index (χ3v) is 11.1.